The van der Waals surface area contributed by atoms with Crippen LogP contribution in [-0.4, -0.2) is 4.98 Å². The molecule has 0 aliphatic heterocycles. The molecule has 3 nitrogen and oxygen atoms in total. The first-order valence-electron chi connectivity index (χ1n) is 7.03. The van der Waals surface area contributed by atoms with Gasteiger partial charge in [-0.3, -0.25) is 4.98 Å². The van der Waals surface area contributed by atoms with Crippen LogP contribution in [0.25, 0.3) is 10.9 Å². The van der Waals surface area contributed by atoms with E-state index in [9.17, 15) is 0 Å². The summed E-state index contributed by atoms with van der Waals surface area (Å²) in [4.78, 5) is 4.40. The largest absolute Gasteiger partial charge is 0.487 e. The third-order valence-corrected chi connectivity index (χ3v) is 3.62. The van der Waals surface area contributed by atoms with E-state index in [0.29, 0.717) is 13.2 Å². The summed E-state index contributed by atoms with van der Waals surface area (Å²) >= 11 is 0. The number of aromatic nitrogens is 1. The predicted octanol–water partition coefficient (Wildman–Crippen LogP) is 3.58. The van der Waals surface area contributed by atoms with E-state index in [1.807, 2.05) is 36.4 Å². The Balaban J connectivity index is 1.84. The molecular formula is C18H18N2O. The van der Waals surface area contributed by atoms with Gasteiger partial charge in [0.25, 0.3) is 0 Å². The van der Waals surface area contributed by atoms with Gasteiger partial charge in [-0.2, -0.15) is 0 Å². The van der Waals surface area contributed by atoms with E-state index in [2.05, 4.69) is 24.0 Å². The van der Waals surface area contributed by atoms with Gasteiger partial charge in [0.05, 0.1) is 0 Å². The summed E-state index contributed by atoms with van der Waals surface area (Å²) in [5.41, 5.74) is 10.1. The number of rotatable bonds is 4. The Morgan fingerprint density at radius 1 is 1.10 bits per heavy atom. The van der Waals surface area contributed by atoms with E-state index in [0.717, 1.165) is 22.2 Å². The minimum absolute atomic E-state index is 0.534. The standard InChI is InChI=1S/C18H18N2O/c1-13-10-14(11-19)7-8-16(13)12-21-17-6-2-4-15-5-3-9-20-18(15)17/h2-10H,11-12,19H2,1H3. The quantitative estimate of drug-likeness (QED) is 0.793. The zero-order valence-corrected chi connectivity index (χ0v) is 12.0. The molecule has 0 spiro atoms. The smallest absolute Gasteiger partial charge is 0.146 e. The third-order valence-electron chi connectivity index (χ3n) is 3.62. The molecule has 3 heteroatoms. The molecule has 0 unspecified atom stereocenters. The van der Waals surface area contributed by atoms with Crippen LogP contribution in [0.15, 0.2) is 54.7 Å². The molecule has 106 valence electrons. The van der Waals surface area contributed by atoms with Crippen molar-refractivity contribution in [2.45, 2.75) is 20.1 Å². The number of hydrogen-bond donors (Lipinski definition) is 1. The number of ether oxygens (including phenoxy) is 1. The van der Waals surface area contributed by atoms with Crippen LogP contribution in [0.3, 0.4) is 0 Å². The normalized spacial score (nSPS) is 10.8. The molecule has 0 aliphatic carbocycles. The molecule has 0 saturated carbocycles. The van der Waals surface area contributed by atoms with Crippen molar-refractivity contribution in [3.05, 3.63) is 71.4 Å². The van der Waals surface area contributed by atoms with E-state index >= 15 is 0 Å². The maximum absolute atomic E-state index is 5.97. The lowest BCUT2D eigenvalue weighted by Crippen LogP contribution is -2.02. The Hall–Kier alpha value is -2.39. The van der Waals surface area contributed by atoms with Crippen LogP contribution >= 0.6 is 0 Å². The minimum atomic E-state index is 0.534. The molecule has 2 N–H and O–H groups in total. The van der Waals surface area contributed by atoms with Crippen molar-refractivity contribution in [3.8, 4) is 5.75 Å². The molecule has 1 aromatic heterocycles. The molecule has 0 radical (unpaired) electrons. The number of fused-ring (bicyclic) bond motifs is 1. The van der Waals surface area contributed by atoms with E-state index in [4.69, 9.17) is 10.5 Å². The molecular weight excluding hydrogens is 260 g/mol. The van der Waals surface area contributed by atoms with Crippen LogP contribution in [0.5, 0.6) is 5.75 Å². The fourth-order valence-corrected chi connectivity index (χ4v) is 2.40. The lowest BCUT2D eigenvalue weighted by Gasteiger charge is -2.11. The summed E-state index contributed by atoms with van der Waals surface area (Å²) in [6.07, 6.45) is 1.79. The molecule has 3 aromatic rings. The maximum Gasteiger partial charge on any atom is 0.146 e. The van der Waals surface area contributed by atoms with Gasteiger partial charge in [0.15, 0.2) is 0 Å². The van der Waals surface area contributed by atoms with Crippen LogP contribution in [0.4, 0.5) is 0 Å². The lowest BCUT2D eigenvalue weighted by atomic mass is 10.1. The van der Waals surface area contributed by atoms with Crippen molar-refractivity contribution in [1.29, 1.82) is 0 Å². The van der Waals surface area contributed by atoms with E-state index < -0.39 is 0 Å². The second-order valence-electron chi connectivity index (χ2n) is 5.08. The van der Waals surface area contributed by atoms with E-state index in [1.54, 1.807) is 6.20 Å². The number of para-hydroxylation sites is 1. The number of benzene rings is 2. The zero-order valence-electron chi connectivity index (χ0n) is 12.0. The highest BCUT2D eigenvalue weighted by Gasteiger charge is 2.05. The van der Waals surface area contributed by atoms with Gasteiger partial charge in [-0.15, -0.1) is 0 Å². The second-order valence-corrected chi connectivity index (χ2v) is 5.08. The third kappa shape index (κ3) is 2.88. The summed E-state index contributed by atoms with van der Waals surface area (Å²) in [6.45, 7) is 3.18. The lowest BCUT2D eigenvalue weighted by molar-refractivity contribution is 0.308. The van der Waals surface area contributed by atoms with Crippen molar-refractivity contribution in [3.63, 3.8) is 0 Å². The highest BCUT2D eigenvalue weighted by molar-refractivity contribution is 5.84. The van der Waals surface area contributed by atoms with Crippen LogP contribution in [0, 0.1) is 6.92 Å². The molecule has 0 atom stereocenters. The summed E-state index contributed by atoms with van der Waals surface area (Å²) in [7, 11) is 0. The van der Waals surface area contributed by atoms with Gasteiger partial charge in [-0.1, -0.05) is 36.4 Å². The first kappa shape index (κ1) is 13.6. The van der Waals surface area contributed by atoms with Crippen molar-refractivity contribution in [2.24, 2.45) is 5.73 Å². The molecule has 2 aromatic carbocycles. The Labute approximate surface area is 124 Å². The minimum Gasteiger partial charge on any atom is -0.487 e. The van der Waals surface area contributed by atoms with Crippen molar-refractivity contribution < 1.29 is 4.74 Å². The SMILES string of the molecule is Cc1cc(CN)ccc1COc1cccc2cccnc12. The van der Waals surface area contributed by atoms with Crippen LogP contribution < -0.4 is 10.5 Å². The number of hydrogen-bond acceptors (Lipinski definition) is 3. The summed E-state index contributed by atoms with van der Waals surface area (Å²) < 4.78 is 5.97. The molecule has 0 bridgehead atoms. The first-order chi connectivity index (χ1) is 10.3. The van der Waals surface area contributed by atoms with E-state index in [1.165, 1.54) is 11.1 Å². The fraction of sp³-hybridized carbons (Fsp3) is 0.167. The summed E-state index contributed by atoms with van der Waals surface area (Å²) in [6, 6.07) is 16.2. The van der Waals surface area contributed by atoms with Crippen LogP contribution in [0.2, 0.25) is 0 Å². The van der Waals surface area contributed by atoms with Gasteiger partial charge in [-0.05, 0) is 35.7 Å². The van der Waals surface area contributed by atoms with Crippen molar-refractivity contribution >= 4 is 10.9 Å². The molecule has 0 saturated heterocycles. The highest BCUT2D eigenvalue weighted by Crippen LogP contribution is 2.24. The van der Waals surface area contributed by atoms with Crippen molar-refractivity contribution in [2.75, 3.05) is 0 Å². The Bertz CT molecular complexity index is 763. The maximum atomic E-state index is 5.97. The Morgan fingerprint density at radius 3 is 2.76 bits per heavy atom. The predicted molar refractivity (Wildman–Crippen MR) is 85.1 cm³/mol. The molecule has 0 amide bonds. The topological polar surface area (TPSA) is 48.1 Å². The van der Waals surface area contributed by atoms with E-state index in [-0.39, 0.29) is 0 Å². The fourth-order valence-electron chi connectivity index (χ4n) is 2.40. The average Bonchev–Trinajstić information content (AvgIpc) is 2.53. The first-order valence-corrected chi connectivity index (χ1v) is 7.03. The second kappa shape index (κ2) is 5.94. The van der Waals surface area contributed by atoms with Gasteiger partial charge in [0, 0.05) is 18.1 Å². The number of aryl methyl sites for hydroxylation is 1. The number of pyridine rings is 1. The van der Waals surface area contributed by atoms with Crippen LogP contribution in [0.1, 0.15) is 16.7 Å². The monoisotopic (exact) mass is 278 g/mol. The summed E-state index contributed by atoms with van der Waals surface area (Å²) in [5, 5.41) is 1.09. The zero-order chi connectivity index (χ0) is 14.7. The number of nitrogens with two attached hydrogens (primary N) is 1. The van der Waals surface area contributed by atoms with Gasteiger partial charge >= 0.3 is 0 Å². The molecule has 3 rings (SSSR count). The molecule has 0 aliphatic rings. The van der Waals surface area contributed by atoms with Gasteiger partial charge in [0.1, 0.15) is 17.9 Å². The Morgan fingerprint density at radius 2 is 1.95 bits per heavy atom. The molecule has 21 heavy (non-hydrogen) atoms. The average molecular weight is 278 g/mol. The van der Waals surface area contributed by atoms with Crippen LogP contribution in [-0.2, 0) is 13.2 Å². The molecule has 0 fully saturated rings. The van der Waals surface area contributed by atoms with Gasteiger partial charge < -0.3 is 10.5 Å². The Kier molecular flexibility index (Phi) is 3.84. The van der Waals surface area contributed by atoms with Crippen molar-refractivity contribution in [1.82, 2.24) is 4.98 Å². The van der Waals surface area contributed by atoms with Gasteiger partial charge in [0.2, 0.25) is 0 Å². The van der Waals surface area contributed by atoms with Gasteiger partial charge in [-0.25, -0.2) is 0 Å². The summed E-state index contributed by atoms with van der Waals surface area (Å²) in [5.74, 6) is 0.815. The number of nitrogens with zero attached hydrogens (tertiary/aromatic N) is 1. The molecule has 1 heterocycles. The highest BCUT2D eigenvalue weighted by atomic mass is 16.5.